The molecular weight excluding hydrogens is 224 g/mol. The summed E-state index contributed by atoms with van der Waals surface area (Å²) >= 11 is 0. The number of nitrogens with zero attached hydrogens (tertiary/aromatic N) is 3. The van der Waals surface area contributed by atoms with Gasteiger partial charge in [0.2, 0.25) is 0 Å². The largest absolute Gasteiger partial charge is 0.444 e. The molecular formula is C10H18N4O3. The normalized spacial score (nSPS) is 23.9. The number of amides is 1. The third kappa shape index (κ3) is 4.93. The number of ether oxygens (including phenoxy) is 2. The van der Waals surface area contributed by atoms with Crippen molar-refractivity contribution in [2.45, 2.75) is 32.4 Å². The van der Waals surface area contributed by atoms with Gasteiger partial charge in [-0.1, -0.05) is 5.11 Å². The van der Waals surface area contributed by atoms with Crippen LogP contribution >= 0.6 is 0 Å². The van der Waals surface area contributed by atoms with E-state index in [0.717, 1.165) is 0 Å². The minimum atomic E-state index is -0.524. The molecule has 1 amide bonds. The first kappa shape index (κ1) is 13.6. The molecule has 1 saturated heterocycles. The summed E-state index contributed by atoms with van der Waals surface area (Å²) in [5.41, 5.74) is 7.73. The molecule has 0 radical (unpaired) electrons. The number of rotatable bonds is 3. The average Bonchev–Trinajstić information content (AvgIpc) is 2.59. The zero-order valence-corrected chi connectivity index (χ0v) is 10.3. The number of nitrogens with one attached hydrogen (secondary N) is 1. The van der Waals surface area contributed by atoms with Crippen molar-refractivity contribution in [3.8, 4) is 0 Å². The summed E-state index contributed by atoms with van der Waals surface area (Å²) in [6.45, 7) is 6.63. The highest BCUT2D eigenvalue weighted by atomic mass is 16.6. The van der Waals surface area contributed by atoms with Crippen molar-refractivity contribution in [1.29, 1.82) is 0 Å². The first-order valence-electron chi connectivity index (χ1n) is 5.50. The van der Waals surface area contributed by atoms with Gasteiger partial charge in [0.1, 0.15) is 5.60 Å². The van der Waals surface area contributed by atoms with E-state index in [2.05, 4.69) is 15.3 Å². The Bertz CT molecular complexity index is 320. The molecule has 0 aromatic carbocycles. The van der Waals surface area contributed by atoms with Crippen molar-refractivity contribution in [2.24, 2.45) is 11.0 Å². The van der Waals surface area contributed by atoms with E-state index in [9.17, 15) is 4.79 Å². The summed E-state index contributed by atoms with van der Waals surface area (Å²) < 4.78 is 10.4. The summed E-state index contributed by atoms with van der Waals surface area (Å²) in [5.74, 6) is 0.0124. The van der Waals surface area contributed by atoms with Crippen LogP contribution in [-0.4, -0.2) is 37.5 Å². The molecule has 0 bridgehead atoms. The lowest BCUT2D eigenvalue weighted by Crippen LogP contribution is -2.43. The van der Waals surface area contributed by atoms with Crippen LogP contribution in [0.4, 0.5) is 4.79 Å². The second-order valence-corrected chi connectivity index (χ2v) is 4.96. The first-order chi connectivity index (χ1) is 7.92. The van der Waals surface area contributed by atoms with E-state index in [0.29, 0.717) is 19.8 Å². The van der Waals surface area contributed by atoms with E-state index in [1.54, 1.807) is 20.8 Å². The lowest BCUT2D eigenvalue weighted by atomic mass is 10.0. The molecule has 0 aromatic heterocycles. The van der Waals surface area contributed by atoms with E-state index < -0.39 is 11.7 Å². The SMILES string of the molecule is CC(C)(C)OC(=O)N[C@@H]1COC[C@H]1CN=[N+]=[N-]. The van der Waals surface area contributed by atoms with Gasteiger partial charge in [-0.2, -0.15) is 0 Å². The molecule has 7 heteroatoms. The van der Waals surface area contributed by atoms with Gasteiger partial charge < -0.3 is 14.8 Å². The third-order valence-electron chi connectivity index (χ3n) is 2.28. The van der Waals surface area contributed by atoms with Crippen molar-refractivity contribution in [1.82, 2.24) is 5.32 Å². The van der Waals surface area contributed by atoms with Crippen molar-refractivity contribution in [3.05, 3.63) is 10.4 Å². The van der Waals surface area contributed by atoms with Crippen LogP contribution in [0, 0.1) is 5.92 Å². The molecule has 0 saturated carbocycles. The summed E-state index contributed by atoms with van der Waals surface area (Å²) in [4.78, 5) is 14.2. The number of carbonyl (C=O) groups is 1. The summed E-state index contributed by atoms with van der Waals surface area (Å²) in [6.07, 6.45) is -0.473. The summed E-state index contributed by atoms with van der Waals surface area (Å²) in [6, 6.07) is -0.157. The summed E-state index contributed by atoms with van der Waals surface area (Å²) in [7, 11) is 0. The fourth-order valence-electron chi connectivity index (χ4n) is 1.54. The van der Waals surface area contributed by atoms with Crippen LogP contribution in [0.25, 0.3) is 10.4 Å². The fourth-order valence-corrected chi connectivity index (χ4v) is 1.54. The molecule has 1 rings (SSSR count). The van der Waals surface area contributed by atoms with E-state index in [1.807, 2.05) is 0 Å². The van der Waals surface area contributed by atoms with Crippen molar-refractivity contribution in [3.63, 3.8) is 0 Å². The van der Waals surface area contributed by atoms with Gasteiger partial charge in [0.05, 0.1) is 19.3 Å². The molecule has 96 valence electrons. The van der Waals surface area contributed by atoms with Gasteiger partial charge in [-0.15, -0.1) is 0 Å². The van der Waals surface area contributed by atoms with Gasteiger partial charge in [0, 0.05) is 17.4 Å². The van der Waals surface area contributed by atoms with Crippen LogP contribution < -0.4 is 5.32 Å². The highest BCUT2D eigenvalue weighted by Crippen LogP contribution is 2.15. The smallest absolute Gasteiger partial charge is 0.407 e. The molecule has 1 aliphatic heterocycles. The van der Waals surface area contributed by atoms with E-state index in [1.165, 1.54) is 0 Å². The van der Waals surface area contributed by atoms with Crippen LogP contribution in [0.2, 0.25) is 0 Å². The second kappa shape index (κ2) is 5.75. The highest BCUT2D eigenvalue weighted by Gasteiger charge is 2.30. The molecule has 0 aliphatic carbocycles. The van der Waals surface area contributed by atoms with Gasteiger partial charge in [-0.3, -0.25) is 0 Å². The standard InChI is InChI=1S/C10H18N4O3/c1-10(2,3)17-9(15)13-8-6-16-5-7(8)4-12-14-11/h7-8H,4-6H2,1-3H3,(H,13,15)/t7-,8-/m1/s1. The number of hydrogen-bond donors (Lipinski definition) is 1. The van der Waals surface area contributed by atoms with Crippen molar-refractivity contribution < 1.29 is 14.3 Å². The molecule has 1 aliphatic rings. The quantitative estimate of drug-likeness (QED) is 0.464. The lowest BCUT2D eigenvalue weighted by Gasteiger charge is -2.23. The Hall–Kier alpha value is -1.46. The van der Waals surface area contributed by atoms with Gasteiger partial charge in [0.25, 0.3) is 0 Å². The average molecular weight is 242 g/mol. The van der Waals surface area contributed by atoms with Crippen LogP contribution in [0.3, 0.4) is 0 Å². The van der Waals surface area contributed by atoms with Gasteiger partial charge in [0.15, 0.2) is 0 Å². The Labute approximate surface area is 100 Å². The molecule has 0 spiro atoms. The Morgan fingerprint density at radius 1 is 1.59 bits per heavy atom. The number of carbonyl (C=O) groups excluding carboxylic acids is 1. The van der Waals surface area contributed by atoms with Crippen molar-refractivity contribution >= 4 is 6.09 Å². The van der Waals surface area contributed by atoms with Crippen molar-refractivity contribution in [2.75, 3.05) is 19.8 Å². The Morgan fingerprint density at radius 2 is 2.29 bits per heavy atom. The first-order valence-corrected chi connectivity index (χ1v) is 5.50. The molecule has 7 nitrogen and oxygen atoms in total. The molecule has 17 heavy (non-hydrogen) atoms. The van der Waals surface area contributed by atoms with E-state index >= 15 is 0 Å². The number of alkyl carbamates (subject to hydrolysis) is 1. The topological polar surface area (TPSA) is 96.3 Å². The fraction of sp³-hybridized carbons (Fsp3) is 0.900. The molecule has 0 unspecified atom stereocenters. The van der Waals surface area contributed by atoms with Crippen LogP contribution in [0.15, 0.2) is 5.11 Å². The molecule has 1 N–H and O–H groups in total. The molecule has 2 atom stereocenters. The molecule has 1 heterocycles. The zero-order valence-electron chi connectivity index (χ0n) is 10.3. The van der Waals surface area contributed by atoms with Gasteiger partial charge in [-0.05, 0) is 26.3 Å². The third-order valence-corrected chi connectivity index (χ3v) is 2.28. The highest BCUT2D eigenvalue weighted by molar-refractivity contribution is 5.68. The van der Waals surface area contributed by atoms with E-state index in [-0.39, 0.29) is 12.0 Å². The Balaban J connectivity index is 2.44. The van der Waals surface area contributed by atoms with Crippen LogP contribution in [-0.2, 0) is 9.47 Å². The summed E-state index contributed by atoms with van der Waals surface area (Å²) in [5, 5.41) is 6.22. The minimum absolute atomic E-state index is 0.0124. The molecule has 1 fully saturated rings. The van der Waals surface area contributed by atoms with Crippen LogP contribution in [0.1, 0.15) is 20.8 Å². The molecule has 0 aromatic rings. The number of hydrogen-bond acceptors (Lipinski definition) is 4. The Morgan fingerprint density at radius 3 is 2.88 bits per heavy atom. The van der Waals surface area contributed by atoms with Gasteiger partial charge >= 0.3 is 6.09 Å². The minimum Gasteiger partial charge on any atom is -0.444 e. The van der Waals surface area contributed by atoms with Gasteiger partial charge in [-0.25, -0.2) is 4.79 Å². The predicted octanol–water partition coefficient (Wildman–Crippen LogP) is 1.84. The second-order valence-electron chi connectivity index (χ2n) is 4.96. The van der Waals surface area contributed by atoms with Crippen LogP contribution in [0.5, 0.6) is 0 Å². The maximum Gasteiger partial charge on any atom is 0.407 e. The van der Waals surface area contributed by atoms with E-state index in [4.69, 9.17) is 15.0 Å². The Kier molecular flexibility index (Phi) is 4.60. The maximum atomic E-state index is 11.5. The monoisotopic (exact) mass is 242 g/mol. The number of azide groups is 1. The lowest BCUT2D eigenvalue weighted by molar-refractivity contribution is 0.0492. The zero-order chi connectivity index (χ0) is 12.9. The predicted molar refractivity (Wildman–Crippen MR) is 61.5 cm³/mol. The maximum absolute atomic E-state index is 11.5.